The lowest BCUT2D eigenvalue weighted by Crippen LogP contribution is -2.39. The molecule has 0 radical (unpaired) electrons. The van der Waals surface area contributed by atoms with Gasteiger partial charge in [0, 0.05) is 12.0 Å². The molecule has 0 unspecified atom stereocenters. The number of ether oxygens (including phenoxy) is 1. The third-order valence-corrected chi connectivity index (χ3v) is 11.4. The average Bonchev–Trinajstić information content (AvgIpc) is 3.80. The van der Waals surface area contributed by atoms with Gasteiger partial charge in [0.15, 0.2) is 5.82 Å². The number of hydrogen-bond acceptors (Lipinski definition) is 6. The molecule has 0 amide bonds. The van der Waals surface area contributed by atoms with Crippen LogP contribution >= 0.6 is 0 Å². The van der Waals surface area contributed by atoms with E-state index >= 15 is 0 Å². The molecule has 0 N–H and O–H groups in total. The monoisotopic (exact) mass is 798 g/mol. The number of unbranched alkanes of at least 4 members (excludes halogenated alkanes) is 1. The zero-order valence-electron chi connectivity index (χ0n) is 34.4. The van der Waals surface area contributed by atoms with Crippen LogP contribution in [0.2, 0.25) is 0 Å². The van der Waals surface area contributed by atoms with Gasteiger partial charge in [-0.25, -0.2) is 9.67 Å². The molecule has 8 nitrogen and oxygen atoms in total. The van der Waals surface area contributed by atoms with Gasteiger partial charge in [-0.15, -0.1) is 5.10 Å². The predicted octanol–water partition coefficient (Wildman–Crippen LogP) is 10.8. The third-order valence-electron chi connectivity index (χ3n) is 11.4. The first-order valence-electron chi connectivity index (χ1n) is 20.9. The smallest absolute Gasteiger partial charge is 0.261 e. The van der Waals surface area contributed by atoms with Crippen molar-refractivity contribution in [2.75, 3.05) is 0 Å². The Labute approximate surface area is 355 Å². The summed E-state index contributed by atoms with van der Waals surface area (Å²) in [5.41, 5.74) is 8.82. The fraction of sp³-hybridized carbons (Fsp3) is 0.151. The minimum absolute atomic E-state index is 0.0477. The van der Waals surface area contributed by atoms with Crippen molar-refractivity contribution < 1.29 is 4.74 Å². The van der Waals surface area contributed by atoms with E-state index in [4.69, 9.17) is 20.0 Å². The quantitative estimate of drug-likeness (QED) is 0.102. The molecule has 0 aliphatic carbocycles. The zero-order valence-corrected chi connectivity index (χ0v) is 34.4. The van der Waals surface area contributed by atoms with Crippen LogP contribution in [0.25, 0.3) is 33.4 Å². The molecule has 9 rings (SSSR count). The van der Waals surface area contributed by atoms with Crippen molar-refractivity contribution in [3.05, 3.63) is 232 Å². The maximum Gasteiger partial charge on any atom is 0.261 e. The Kier molecular flexibility index (Phi) is 11.1. The number of aromatic nitrogens is 6. The first kappa shape index (κ1) is 39.0. The van der Waals surface area contributed by atoms with Crippen molar-refractivity contribution in [1.29, 1.82) is 0 Å². The van der Waals surface area contributed by atoms with Crippen LogP contribution in [-0.2, 0) is 25.1 Å². The molecule has 0 bridgehead atoms. The molecule has 0 saturated heterocycles. The van der Waals surface area contributed by atoms with Gasteiger partial charge in [0.2, 0.25) is 0 Å². The van der Waals surface area contributed by atoms with Gasteiger partial charge < -0.3 is 4.74 Å². The largest absolute Gasteiger partial charge is 0.489 e. The van der Waals surface area contributed by atoms with E-state index in [-0.39, 0.29) is 5.56 Å². The van der Waals surface area contributed by atoms with Crippen LogP contribution in [0.15, 0.2) is 187 Å². The highest BCUT2D eigenvalue weighted by atomic mass is 16.5. The highest BCUT2D eigenvalue weighted by molar-refractivity contribution is 5.81. The summed E-state index contributed by atoms with van der Waals surface area (Å²) in [5, 5.41) is 14.5. The normalized spacial score (nSPS) is 11.5. The molecule has 0 fully saturated rings. The maximum atomic E-state index is 14.3. The molecule has 8 heteroatoms. The van der Waals surface area contributed by atoms with Crippen LogP contribution in [-0.4, -0.2) is 29.8 Å². The Hall–Kier alpha value is -7.45. The summed E-state index contributed by atoms with van der Waals surface area (Å²) in [6.07, 6.45) is 2.66. The second-order valence-electron chi connectivity index (χ2n) is 15.4. The average molecular weight is 799 g/mol. The number of fused-ring (bicyclic) bond motifs is 1. The molecule has 0 atom stereocenters. The number of aryl methyl sites for hydroxylation is 2. The molecular weight excluding hydrogens is 753 g/mol. The highest BCUT2D eigenvalue weighted by Crippen LogP contribution is 2.43. The summed E-state index contributed by atoms with van der Waals surface area (Å²) < 4.78 is 9.90. The summed E-state index contributed by atoms with van der Waals surface area (Å²) in [4.78, 5) is 19.4. The molecule has 7 aromatic carbocycles. The molecule has 61 heavy (non-hydrogen) atoms. The standard InChI is InChI=1S/C53H46N6O2/c1-3-4-27-50-54-49-33-30-40(37-61-45-24-16-17-38(2)34-45)35-48(49)52(60)58(50)36-39-28-31-41(32-29-39)46-25-14-15-26-47(46)51-55-56-57-59(51)53(42-18-8-5-9-19-42,43-20-10-6-11-21-43)44-22-12-7-13-23-44/h5-26,28-35H,3-4,27,36-37H2,1-2H3. The third kappa shape index (κ3) is 7.76. The van der Waals surface area contributed by atoms with Crippen LogP contribution in [0.5, 0.6) is 5.75 Å². The highest BCUT2D eigenvalue weighted by Gasteiger charge is 2.42. The van der Waals surface area contributed by atoms with Crippen molar-refractivity contribution in [3.63, 3.8) is 0 Å². The van der Waals surface area contributed by atoms with E-state index < -0.39 is 5.54 Å². The van der Waals surface area contributed by atoms with E-state index in [1.165, 1.54) is 0 Å². The number of tetrazole rings is 1. The van der Waals surface area contributed by atoms with E-state index in [2.05, 4.69) is 121 Å². The second-order valence-corrected chi connectivity index (χ2v) is 15.4. The lowest BCUT2D eigenvalue weighted by Gasteiger charge is -2.36. The van der Waals surface area contributed by atoms with Crippen molar-refractivity contribution >= 4 is 10.9 Å². The van der Waals surface area contributed by atoms with E-state index in [1.54, 1.807) is 0 Å². The Bertz CT molecular complexity index is 2870. The van der Waals surface area contributed by atoms with E-state index in [1.807, 2.05) is 89.0 Å². The second kappa shape index (κ2) is 17.4. The van der Waals surface area contributed by atoms with Crippen molar-refractivity contribution in [2.45, 2.75) is 51.8 Å². The van der Waals surface area contributed by atoms with Gasteiger partial charge in [-0.3, -0.25) is 9.36 Å². The van der Waals surface area contributed by atoms with Gasteiger partial charge in [0.05, 0.1) is 17.4 Å². The van der Waals surface area contributed by atoms with Gasteiger partial charge in [-0.05, 0) is 92.5 Å². The van der Waals surface area contributed by atoms with Crippen molar-refractivity contribution in [1.82, 2.24) is 29.8 Å². The maximum absolute atomic E-state index is 14.3. The number of nitrogens with zero attached hydrogens (tertiary/aromatic N) is 6. The Morgan fingerprint density at radius 2 is 1.26 bits per heavy atom. The minimum Gasteiger partial charge on any atom is -0.489 e. The van der Waals surface area contributed by atoms with E-state index in [9.17, 15) is 4.79 Å². The number of benzene rings is 7. The first-order chi connectivity index (χ1) is 30.0. The SMILES string of the molecule is CCCCc1nc2ccc(COc3cccc(C)c3)cc2c(=O)n1Cc1ccc(-c2ccccc2-c2nnnn2C(c2ccccc2)(c2ccccc2)c2ccccc2)cc1. The van der Waals surface area contributed by atoms with E-state index in [0.717, 1.165) is 80.9 Å². The van der Waals surface area contributed by atoms with Crippen LogP contribution < -0.4 is 10.3 Å². The van der Waals surface area contributed by atoms with Crippen molar-refractivity contribution in [3.8, 4) is 28.3 Å². The summed E-state index contributed by atoms with van der Waals surface area (Å²) in [5.74, 6) is 2.23. The van der Waals surface area contributed by atoms with Crippen LogP contribution in [0.3, 0.4) is 0 Å². The van der Waals surface area contributed by atoms with Gasteiger partial charge >= 0.3 is 0 Å². The Morgan fingerprint density at radius 3 is 1.90 bits per heavy atom. The Morgan fingerprint density at radius 1 is 0.639 bits per heavy atom. The fourth-order valence-corrected chi connectivity index (χ4v) is 8.35. The molecule has 9 aromatic rings. The lowest BCUT2D eigenvalue weighted by molar-refractivity contribution is 0.306. The number of hydrogen-bond donors (Lipinski definition) is 0. The van der Waals surface area contributed by atoms with Gasteiger partial charge in [-0.2, -0.15) is 0 Å². The molecule has 300 valence electrons. The predicted molar refractivity (Wildman–Crippen MR) is 243 cm³/mol. The Balaban J connectivity index is 1.08. The molecule has 2 heterocycles. The summed E-state index contributed by atoms with van der Waals surface area (Å²) >= 11 is 0. The van der Waals surface area contributed by atoms with Crippen LogP contribution in [0.1, 0.15) is 59.0 Å². The summed E-state index contributed by atoms with van der Waals surface area (Å²) in [7, 11) is 0. The van der Waals surface area contributed by atoms with Gasteiger partial charge in [0.25, 0.3) is 5.56 Å². The molecule has 0 aliphatic rings. The lowest BCUT2D eigenvalue weighted by atomic mass is 9.77. The first-order valence-corrected chi connectivity index (χ1v) is 20.9. The summed E-state index contributed by atoms with van der Waals surface area (Å²) in [6, 6.07) is 61.8. The fourth-order valence-electron chi connectivity index (χ4n) is 8.35. The molecular formula is C53H46N6O2. The molecule has 0 aliphatic heterocycles. The minimum atomic E-state index is -0.884. The number of rotatable bonds is 14. The van der Waals surface area contributed by atoms with Gasteiger partial charge in [-0.1, -0.05) is 171 Å². The van der Waals surface area contributed by atoms with Crippen LogP contribution in [0.4, 0.5) is 0 Å². The zero-order chi connectivity index (χ0) is 41.6. The molecule has 2 aromatic heterocycles. The van der Waals surface area contributed by atoms with E-state index in [0.29, 0.717) is 29.9 Å². The van der Waals surface area contributed by atoms with Crippen LogP contribution in [0, 0.1) is 6.92 Å². The van der Waals surface area contributed by atoms with Crippen molar-refractivity contribution in [2.24, 2.45) is 0 Å². The molecule has 0 spiro atoms. The molecule has 0 saturated carbocycles. The topological polar surface area (TPSA) is 87.7 Å². The van der Waals surface area contributed by atoms with Gasteiger partial charge in [0.1, 0.15) is 23.7 Å². The summed E-state index contributed by atoms with van der Waals surface area (Å²) in [6.45, 7) is 4.96.